The van der Waals surface area contributed by atoms with E-state index in [0.717, 1.165) is 12.8 Å². The first-order valence-corrected chi connectivity index (χ1v) is 9.00. The van der Waals surface area contributed by atoms with Gasteiger partial charge in [-0.15, -0.1) is 0 Å². The van der Waals surface area contributed by atoms with Crippen LogP contribution >= 0.6 is 0 Å². The van der Waals surface area contributed by atoms with Crippen molar-refractivity contribution >= 4 is 25.4 Å². The van der Waals surface area contributed by atoms with Crippen LogP contribution in [0.4, 0.5) is 0 Å². The molecule has 1 aromatic rings. The summed E-state index contributed by atoms with van der Waals surface area (Å²) in [5.74, 6) is 0.100. The van der Waals surface area contributed by atoms with E-state index in [1.807, 2.05) is 0 Å². The van der Waals surface area contributed by atoms with Crippen molar-refractivity contribution in [3.8, 4) is 0 Å². The Kier molecular flexibility index (Phi) is 3.68. The maximum absolute atomic E-state index is 12.0. The minimum atomic E-state index is -0.134. The van der Waals surface area contributed by atoms with Gasteiger partial charge in [-0.2, -0.15) is 0 Å². The van der Waals surface area contributed by atoms with Crippen LogP contribution in [0.5, 0.6) is 0 Å². The molecular formula is C16H20O2Se. The summed E-state index contributed by atoms with van der Waals surface area (Å²) in [6.07, 6.45) is 5.85. The third kappa shape index (κ3) is 2.46. The van der Waals surface area contributed by atoms with Gasteiger partial charge in [0.25, 0.3) is 0 Å². The number of ether oxygens (including phenoxy) is 1. The summed E-state index contributed by atoms with van der Waals surface area (Å²) in [4.78, 5) is 12.4. The number of benzene rings is 1. The standard InChI is InChI=1S/C16H20O2Se/c1-12-14(19-13-8-4-2-5-9-13)16(18-15(12)17)10-6-3-7-11-16/h2,4-5,8-9,12,14H,3,6-7,10-11H2,1H3. The van der Waals surface area contributed by atoms with Crippen molar-refractivity contribution in [3.05, 3.63) is 30.3 Å². The Morgan fingerprint density at radius 3 is 2.53 bits per heavy atom. The quantitative estimate of drug-likeness (QED) is 0.618. The molecule has 0 N–H and O–H groups in total. The monoisotopic (exact) mass is 324 g/mol. The zero-order valence-electron chi connectivity index (χ0n) is 11.3. The van der Waals surface area contributed by atoms with Gasteiger partial charge in [0.1, 0.15) is 0 Å². The molecule has 1 spiro atoms. The first-order valence-electron chi connectivity index (χ1n) is 7.16. The number of rotatable bonds is 2. The van der Waals surface area contributed by atoms with Gasteiger partial charge in [0.15, 0.2) is 0 Å². The van der Waals surface area contributed by atoms with Crippen molar-refractivity contribution in [1.82, 2.24) is 0 Å². The predicted molar refractivity (Wildman–Crippen MR) is 76.7 cm³/mol. The van der Waals surface area contributed by atoms with Crippen LogP contribution in [0.3, 0.4) is 0 Å². The van der Waals surface area contributed by atoms with Crippen LogP contribution in [0.15, 0.2) is 30.3 Å². The molecule has 2 atom stereocenters. The first-order chi connectivity index (χ1) is 9.21. The Bertz CT molecular complexity index is 451. The van der Waals surface area contributed by atoms with Crippen molar-refractivity contribution in [1.29, 1.82) is 0 Å². The Morgan fingerprint density at radius 2 is 1.84 bits per heavy atom. The molecule has 1 saturated carbocycles. The van der Waals surface area contributed by atoms with Crippen molar-refractivity contribution in [2.45, 2.75) is 49.4 Å². The van der Waals surface area contributed by atoms with Crippen molar-refractivity contribution in [2.75, 3.05) is 0 Å². The fraction of sp³-hybridized carbons (Fsp3) is 0.562. The topological polar surface area (TPSA) is 26.3 Å². The fourth-order valence-corrected chi connectivity index (χ4v) is 6.30. The van der Waals surface area contributed by atoms with Gasteiger partial charge >= 0.3 is 121 Å². The molecule has 2 nitrogen and oxygen atoms in total. The summed E-state index contributed by atoms with van der Waals surface area (Å²) >= 11 is 0.324. The van der Waals surface area contributed by atoms with Crippen LogP contribution < -0.4 is 4.46 Å². The zero-order chi connectivity index (χ0) is 13.3. The third-order valence-electron chi connectivity index (χ3n) is 4.35. The molecule has 1 saturated heterocycles. The summed E-state index contributed by atoms with van der Waals surface area (Å²) in [5.41, 5.74) is -0.134. The van der Waals surface area contributed by atoms with Crippen LogP contribution in [-0.4, -0.2) is 26.5 Å². The van der Waals surface area contributed by atoms with Crippen LogP contribution in [0.2, 0.25) is 4.82 Å². The fourth-order valence-electron chi connectivity index (χ4n) is 3.32. The third-order valence-corrected chi connectivity index (χ3v) is 7.79. The molecule has 3 rings (SSSR count). The average Bonchev–Trinajstić information content (AvgIpc) is 2.66. The van der Waals surface area contributed by atoms with Crippen molar-refractivity contribution in [3.63, 3.8) is 0 Å². The molecule has 3 heteroatoms. The number of carbonyl (C=O) groups is 1. The molecule has 1 aromatic carbocycles. The van der Waals surface area contributed by atoms with E-state index in [0.29, 0.717) is 19.8 Å². The Balaban J connectivity index is 1.85. The van der Waals surface area contributed by atoms with Gasteiger partial charge in [0.2, 0.25) is 0 Å². The normalized spacial score (nSPS) is 29.4. The molecule has 0 bridgehead atoms. The van der Waals surface area contributed by atoms with Crippen LogP contribution in [0.1, 0.15) is 39.0 Å². The number of hydrogen-bond acceptors (Lipinski definition) is 2. The zero-order valence-corrected chi connectivity index (χ0v) is 13.0. The molecule has 1 heterocycles. The molecule has 2 fully saturated rings. The molecule has 2 unspecified atom stereocenters. The van der Waals surface area contributed by atoms with Gasteiger partial charge in [0.05, 0.1) is 0 Å². The first kappa shape index (κ1) is 13.2. The van der Waals surface area contributed by atoms with E-state index in [-0.39, 0.29) is 17.5 Å². The number of hydrogen-bond donors (Lipinski definition) is 0. The molecule has 1 aliphatic carbocycles. The van der Waals surface area contributed by atoms with E-state index in [2.05, 4.69) is 37.3 Å². The van der Waals surface area contributed by atoms with E-state index in [1.54, 1.807) is 0 Å². The molecule has 0 aromatic heterocycles. The maximum atomic E-state index is 12.0. The van der Waals surface area contributed by atoms with E-state index >= 15 is 0 Å². The summed E-state index contributed by atoms with van der Waals surface area (Å²) in [7, 11) is 0. The van der Waals surface area contributed by atoms with Gasteiger partial charge in [-0.25, -0.2) is 0 Å². The minimum absolute atomic E-state index is 0.0321. The molecular weight excluding hydrogens is 303 g/mol. The summed E-state index contributed by atoms with van der Waals surface area (Å²) in [6, 6.07) is 10.6. The van der Waals surface area contributed by atoms with E-state index < -0.39 is 0 Å². The summed E-state index contributed by atoms with van der Waals surface area (Å²) in [5, 5.41) is 0. The molecule has 0 amide bonds. The van der Waals surface area contributed by atoms with Gasteiger partial charge in [-0.05, 0) is 0 Å². The summed E-state index contributed by atoms with van der Waals surface area (Å²) in [6.45, 7) is 2.06. The molecule has 0 radical (unpaired) electrons. The molecule has 1 aliphatic heterocycles. The Labute approximate surface area is 121 Å². The molecule has 102 valence electrons. The van der Waals surface area contributed by atoms with Crippen molar-refractivity contribution in [2.24, 2.45) is 5.92 Å². The van der Waals surface area contributed by atoms with E-state index in [4.69, 9.17) is 4.74 Å². The van der Waals surface area contributed by atoms with E-state index in [9.17, 15) is 4.79 Å². The second kappa shape index (κ2) is 5.30. The van der Waals surface area contributed by atoms with Gasteiger partial charge < -0.3 is 0 Å². The van der Waals surface area contributed by atoms with Crippen molar-refractivity contribution < 1.29 is 9.53 Å². The molecule has 2 aliphatic rings. The van der Waals surface area contributed by atoms with Gasteiger partial charge in [-0.1, -0.05) is 0 Å². The van der Waals surface area contributed by atoms with Crippen LogP contribution in [-0.2, 0) is 9.53 Å². The average molecular weight is 323 g/mol. The Morgan fingerprint density at radius 1 is 1.16 bits per heavy atom. The molecule has 19 heavy (non-hydrogen) atoms. The second-order valence-electron chi connectivity index (χ2n) is 5.69. The SMILES string of the molecule is CC1C(=O)OC2(CCCCC2)C1[Se]c1ccccc1. The number of esters is 1. The van der Waals surface area contributed by atoms with E-state index in [1.165, 1.54) is 23.7 Å². The van der Waals surface area contributed by atoms with Gasteiger partial charge in [-0.3, -0.25) is 0 Å². The van der Waals surface area contributed by atoms with Crippen LogP contribution in [0.25, 0.3) is 0 Å². The number of carbonyl (C=O) groups excluding carboxylic acids is 1. The van der Waals surface area contributed by atoms with Crippen LogP contribution in [0, 0.1) is 5.92 Å². The second-order valence-corrected chi connectivity index (χ2v) is 8.24. The predicted octanol–water partition coefficient (Wildman–Crippen LogP) is 2.70. The Hall–Kier alpha value is -0.791. The van der Waals surface area contributed by atoms with Gasteiger partial charge in [0, 0.05) is 0 Å². The summed E-state index contributed by atoms with van der Waals surface area (Å²) < 4.78 is 7.25.